The molecular weight excluding hydrogens is 202 g/mol. The number of unbranched alkanes of at least 4 members (excludes halogenated alkanes) is 1. The molecule has 0 amide bonds. The summed E-state index contributed by atoms with van der Waals surface area (Å²) in [6.07, 6.45) is 3.48. The van der Waals surface area contributed by atoms with Crippen molar-refractivity contribution in [3.05, 3.63) is 0 Å². The van der Waals surface area contributed by atoms with Gasteiger partial charge in [0.1, 0.15) is 0 Å². The maximum absolute atomic E-state index is 5.82. The van der Waals surface area contributed by atoms with Crippen molar-refractivity contribution < 1.29 is 9.47 Å². The molecule has 1 aliphatic heterocycles. The lowest BCUT2D eigenvalue weighted by Gasteiger charge is -2.27. The van der Waals surface area contributed by atoms with E-state index in [1.165, 1.54) is 19.4 Å². The van der Waals surface area contributed by atoms with Crippen LogP contribution in [0.5, 0.6) is 0 Å². The molecule has 0 N–H and O–H groups in total. The minimum Gasteiger partial charge on any atom is -0.379 e. The van der Waals surface area contributed by atoms with E-state index in [0.717, 1.165) is 39.3 Å². The first kappa shape index (κ1) is 13.9. The first-order chi connectivity index (χ1) is 7.64. The molecule has 0 bridgehead atoms. The van der Waals surface area contributed by atoms with Crippen molar-refractivity contribution in [3.8, 4) is 0 Å². The molecule has 0 aliphatic carbocycles. The van der Waals surface area contributed by atoms with Crippen LogP contribution in [0.25, 0.3) is 0 Å². The first-order valence-corrected chi connectivity index (χ1v) is 6.58. The molecule has 3 heteroatoms. The molecule has 0 aromatic heterocycles. The molecule has 0 saturated carbocycles. The Labute approximate surface area is 100 Å². The third-order valence-electron chi connectivity index (χ3n) is 3.32. The average Bonchev–Trinajstić information content (AvgIpc) is 2.30. The molecule has 0 atom stereocenters. The lowest BCUT2D eigenvalue weighted by molar-refractivity contribution is -0.0231. The summed E-state index contributed by atoms with van der Waals surface area (Å²) in [4.78, 5) is 2.48. The summed E-state index contributed by atoms with van der Waals surface area (Å²) in [5.41, 5.74) is 0.0545. The van der Waals surface area contributed by atoms with E-state index in [1.54, 1.807) is 0 Å². The Bertz CT molecular complexity index is 177. The van der Waals surface area contributed by atoms with Gasteiger partial charge in [0.2, 0.25) is 0 Å². The predicted molar refractivity (Wildman–Crippen MR) is 66.8 cm³/mol. The van der Waals surface area contributed by atoms with Gasteiger partial charge in [0.05, 0.1) is 18.8 Å². The lowest BCUT2D eigenvalue weighted by atomic mass is 10.1. The molecule has 1 aliphatic rings. The molecule has 0 aromatic carbocycles. The number of ether oxygens (including phenoxy) is 2. The Balaban J connectivity index is 1.95. The van der Waals surface area contributed by atoms with Crippen LogP contribution in [0, 0.1) is 0 Å². The molecule has 0 spiro atoms. The zero-order valence-electron chi connectivity index (χ0n) is 11.1. The third-order valence-corrected chi connectivity index (χ3v) is 3.32. The number of rotatable bonds is 7. The third kappa shape index (κ3) is 5.83. The highest BCUT2D eigenvalue weighted by Gasteiger charge is 2.14. The summed E-state index contributed by atoms with van der Waals surface area (Å²) in [5, 5.41) is 0. The van der Waals surface area contributed by atoms with Crippen LogP contribution < -0.4 is 0 Å². The topological polar surface area (TPSA) is 21.7 Å². The molecule has 3 nitrogen and oxygen atoms in total. The van der Waals surface area contributed by atoms with E-state index < -0.39 is 0 Å². The lowest BCUT2D eigenvalue weighted by Crippen LogP contribution is -2.36. The smallest absolute Gasteiger partial charge is 0.0623 e. The largest absolute Gasteiger partial charge is 0.379 e. The van der Waals surface area contributed by atoms with Crippen molar-refractivity contribution in [2.75, 3.05) is 39.5 Å². The van der Waals surface area contributed by atoms with Gasteiger partial charge in [-0.05, 0) is 39.7 Å². The van der Waals surface area contributed by atoms with E-state index in [4.69, 9.17) is 9.47 Å². The van der Waals surface area contributed by atoms with Crippen molar-refractivity contribution in [1.82, 2.24) is 4.90 Å². The van der Waals surface area contributed by atoms with Gasteiger partial charge in [0.25, 0.3) is 0 Å². The van der Waals surface area contributed by atoms with Crippen LogP contribution in [0.2, 0.25) is 0 Å². The standard InChI is InChI=1S/C13H27NO2/c1-4-13(2,3)16-10-6-5-7-14-8-11-15-12-9-14/h4-12H2,1-3H3. The van der Waals surface area contributed by atoms with Gasteiger partial charge >= 0.3 is 0 Å². The second kappa shape index (κ2) is 7.25. The van der Waals surface area contributed by atoms with E-state index in [-0.39, 0.29) is 5.60 Å². The van der Waals surface area contributed by atoms with E-state index >= 15 is 0 Å². The summed E-state index contributed by atoms with van der Waals surface area (Å²) < 4.78 is 11.1. The van der Waals surface area contributed by atoms with Crippen LogP contribution in [0.3, 0.4) is 0 Å². The molecule has 1 heterocycles. The molecule has 96 valence electrons. The number of hydrogen-bond donors (Lipinski definition) is 0. The minimum absolute atomic E-state index is 0.0545. The van der Waals surface area contributed by atoms with Gasteiger partial charge in [-0.15, -0.1) is 0 Å². The quantitative estimate of drug-likeness (QED) is 0.625. The Morgan fingerprint density at radius 1 is 1.19 bits per heavy atom. The Morgan fingerprint density at radius 2 is 1.88 bits per heavy atom. The zero-order chi connectivity index (χ0) is 11.9. The Hall–Kier alpha value is -0.120. The van der Waals surface area contributed by atoms with E-state index in [9.17, 15) is 0 Å². The first-order valence-electron chi connectivity index (χ1n) is 6.58. The average molecular weight is 229 g/mol. The van der Waals surface area contributed by atoms with Crippen molar-refractivity contribution in [1.29, 1.82) is 0 Å². The number of nitrogens with zero attached hydrogens (tertiary/aromatic N) is 1. The van der Waals surface area contributed by atoms with Crippen LogP contribution in [-0.4, -0.2) is 50.0 Å². The summed E-state index contributed by atoms with van der Waals surface area (Å²) >= 11 is 0. The highest BCUT2D eigenvalue weighted by atomic mass is 16.5. The van der Waals surface area contributed by atoms with Crippen LogP contribution >= 0.6 is 0 Å². The van der Waals surface area contributed by atoms with Gasteiger partial charge in [0, 0.05) is 19.7 Å². The summed E-state index contributed by atoms with van der Waals surface area (Å²) in [6, 6.07) is 0. The second-order valence-corrected chi connectivity index (χ2v) is 5.12. The van der Waals surface area contributed by atoms with Gasteiger partial charge in [-0.1, -0.05) is 6.92 Å². The summed E-state index contributed by atoms with van der Waals surface area (Å²) in [7, 11) is 0. The van der Waals surface area contributed by atoms with Gasteiger partial charge in [-0.2, -0.15) is 0 Å². The molecular formula is C13H27NO2. The maximum atomic E-state index is 5.82. The van der Waals surface area contributed by atoms with E-state index in [0.29, 0.717) is 0 Å². The molecule has 16 heavy (non-hydrogen) atoms. The molecule has 0 aromatic rings. The van der Waals surface area contributed by atoms with Crippen molar-refractivity contribution >= 4 is 0 Å². The van der Waals surface area contributed by atoms with Crippen LogP contribution in [0.4, 0.5) is 0 Å². The van der Waals surface area contributed by atoms with Crippen molar-refractivity contribution in [3.63, 3.8) is 0 Å². The molecule has 1 rings (SSSR count). The SMILES string of the molecule is CCC(C)(C)OCCCCN1CCOCC1. The Kier molecular flexibility index (Phi) is 6.32. The normalized spacial score (nSPS) is 18.9. The molecule has 1 saturated heterocycles. The fraction of sp³-hybridized carbons (Fsp3) is 1.00. The number of morpholine rings is 1. The number of hydrogen-bond acceptors (Lipinski definition) is 3. The highest BCUT2D eigenvalue weighted by molar-refractivity contribution is 4.65. The monoisotopic (exact) mass is 229 g/mol. The van der Waals surface area contributed by atoms with Crippen molar-refractivity contribution in [2.24, 2.45) is 0 Å². The fourth-order valence-corrected chi connectivity index (χ4v) is 1.71. The van der Waals surface area contributed by atoms with Crippen LogP contribution in [0.1, 0.15) is 40.0 Å². The zero-order valence-corrected chi connectivity index (χ0v) is 11.1. The van der Waals surface area contributed by atoms with Crippen LogP contribution in [-0.2, 0) is 9.47 Å². The molecule has 0 radical (unpaired) electrons. The van der Waals surface area contributed by atoms with E-state index in [1.807, 2.05) is 0 Å². The fourth-order valence-electron chi connectivity index (χ4n) is 1.71. The van der Waals surface area contributed by atoms with Gasteiger partial charge in [-0.3, -0.25) is 4.90 Å². The van der Waals surface area contributed by atoms with Gasteiger partial charge in [-0.25, -0.2) is 0 Å². The molecule has 0 unspecified atom stereocenters. The van der Waals surface area contributed by atoms with Gasteiger partial charge < -0.3 is 9.47 Å². The summed E-state index contributed by atoms with van der Waals surface area (Å²) in [5.74, 6) is 0. The maximum Gasteiger partial charge on any atom is 0.0623 e. The second-order valence-electron chi connectivity index (χ2n) is 5.12. The van der Waals surface area contributed by atoms with E-state index in [2.05, 4.69) is 25.7 Å². The minimum atomic E-state index is 0.0545. The Morgan fingerprint density at radius 3 is 2.50 bits per heavy atom. The highest BCUT2D eigenvalue weighted by Crippen LogP contribution is 2.14. The van der Waals surface area contributed by atoms with Gasteiger partial charge in [0.15, 0.2) is 0 Å². The summed E-state index contributed by atoms with van der Waals surface area (Å²) in [6.45, 7) is 12.6. The van der Waals surface area contributed by atoms with Crippen LogP contribution in [0.15, 0.2) is 0 Å². The van der Waals surface area contributed by atoms with Crippen molar-refractivity contribution in [2.45, 2.75) is 45.6 Å². The molecule has 1 fully saturated rings. The predicted octanol–water partition coefficient (Wildman–Crippen LogP) is 2.30.